The molecule has 0 saturated carbocycles. The summed E-state index contributed by atoms with van der Waals surface area (Å²) in [5, 5.41) is -0.297. The van der Waals surface area contributed by atoms with Crippen molar-refractivity contribution < 1.29 is 14.3 Å². The Morgan fingerprint density at radius 1 is 1.06 bits per heavy atom. The second-order valence-electron chi connectivity index (χ2n) is 6.94. The molecule has 4 nitrogen and oxygen atoms in total. The Balaban J connectivity index is 1.54. The fourth-order valence-electron chi connectivity index (χ4n) is 3.06. The van der Waals surface area contributed by atoms with Crippen LogP contribution in [0.25, 0.3) is 6.08 Å². The second-order valence-corrected chi connectivity index (χ2v) is 9.95. The third-order valence-corrected chi connectivity index (χ3v) is 6.89. The van der Waals surface area contributed by atoms with Gasteiger partial charge in [0.05, 0.1) is 18.6 Å². The van der Waals surface area contributed by atoms with Crippen LogP contribution in [0, 0.1) is 10.5 Å². The van der Waals surface area contributed by atoms with E-state index in [-0.39, 0.29) is 11.1 Å². The number of para-hydroxylation sites is 1. The molecule has 2 amide bonds. The molecular formula is C24H17BrINO3S. The van der Waals surface area contributed by atoms with E-state index in [4.69, 9.17) is 4.74 Å². The molecule has 1 heterocycles. The van der Waals surface area contributed by atoms with Crippen LogP contribution in [0.5, 0.6) is 5.75 Å². The molecule has 31 heavy (non-hydrogen) atoms. The number of anilines is 1. The Kier molecular flexibility index (Phi) is 6.83. The van der Waals surface area contributed by atoms with Crippen molar-refractivity contribution >= 4 is 73.2 Å². The lowest BCUT2D eigenvalue weighted by molar-refractivity contribution is -0.113. The minimum atomic E-state index is -0.313. The smallest absolute Gasteiger partial charge is 0.298 e. The number of nitrogens with zero attached hydrogens (tertiary/aromatic N) is 1. The fourth-order valence-corrected chi connectivity index (χ4v) is 5.67. The summed E-state index contributed by atoms with van der Waals surface area (Å²) >= 11 is 6.74. The van der Waals surface area contributed by atoms with Gasteiger partial charge in [-0.1, -0.05) is 48.0 Å². The van der Waals surface area contributed by atoms with Crippen molar-refractivity contribution in [1.29, 1.82) is 0 Å². The first-order valence-electron chi connectivity index (χ1n) is 9.43. The van der Waals surface area contributed by atoms with Crippen molar-refractivity contribution in [3.63, 3.8) is 0 Å². The van der Waals surface area contributed by atoms with E-state index in [1.165, 1.54) is 10.5 Å². The van der Waals surface area contributed by atoms with Crippen molar-refractivity contribution in [2.24, 2.45) is 0 Å². The maximum atomic E-state index is 12.8. The molecule has 0 aliphatic carbocycles. The van der Waals surface area contributed by atoms with E-state index >= 15 is 0 Å². The topological polar surface area (TPSA) is 46.6 Å². The SMILES string of the molecule is Cc1ccc(COc2c(Br)cc(/C=C3\SC(=O)N(c4ccccc4)C3=O)cc2I)cc1. The number of carbonyl (C=O) groups excluding carboxylic acids is 2. The monoisotopic (exact) mass is 605 g/mol. The zero-order valence-electron chi connectivity index (χ0n) is 16.5. The first-order chi connectivity index (χ1) is 14.9. The van der Waals surface area contributed by atoms with Crippen LogP contribution in [0.3, 0.4) is 0 Å². The number of aryl methyl sites for hydroxylation is 1. The maximum absolute atomic E-state index is 12.8. The van der Waals surface area contributed by atoms with E-state index in [2.05, 4.69) is 57.6 Å². The summed E-state index contributed by atoms with van der Waals surface area (Å²) < 4.78 is 7.72. The molecule has 0 spiro atoms. The average Bonchev–Trinajstić information content (AvgIpc) is 3.02. The number of benzene rings is 3. The molecule has 0 unspecified atom stereocenters. The highest BCUT2D eigenvalue weighted by molar-refractivity contribution is 14.1. The Hall–Kier alpha value is -2.10. The van der Waals surface area contributed by atoms with Crippen molar-refractivity contribution in [1.82, 2.24) is 0 Å². The van der Waals surface area contributed by atoms with Crippen LogP contribution in [0.4, 0.5) is 10.5 Å². The zero-order valence-corrected chi connectivity index (χ0v) is 21.0. The predicted molar refractivity (Wildman–Crippen MR) is 137 cm³/mol. The van der Waals surface area contributed by atoms with Gasteiger partial charge in [-0.3, -0.25) is 9.59 Å². The van der Waals surface area contributed by atoms with Crippen molar-refractivity contribution in [2.45, 2.75) is 13.5 Å². The van der Waals surface area contributed by atoms with Gasteiger partial charge in [-0.2, -0.15) is 0 Å². The fraction of sp³-hybridized carbons (Fsp3) is 0.0833. The summed E-state index contributed by atoms with van der Waals surface area (Å²) in [5.74, 6) is 0.433. The van der Waals surface area contributed by atoms with Crippen LogP contribution < -0.4 is 9.64 Å². The molecule has 156 valence electrons. The summed E-state index contributed by atoms with van der Waals surface area (Å²) in [4.78, 5) is 26.8. The molecule has 7 heteroatoms. The Morgan fingerprint density at radius 2 is 1.77 bits per heavy atom. The van der Waals surface area contributed by atoms with Gasteiger partial charge >= 0.3 is 0 Å². The van der Waals surface area contributed by atoms with Gasteiger partial charge in [0, 0.05) is 0 Å². The third-order valence-electron chi connectivity index (χ3n) is 4.63. The molecule has 0 bridgehead atoms. The number of carbonyl (C=O) groups is 2. The first kappa shape index (κ1) is 22.1. The van der Waals surface area contributed by atoms with E-state index in [0.29, 0.717) is 17.2 Å². The van der Waals surface area contributed by atoms with E-state index in [1.807, 2.05) is 30.3 Å². The molecule has 3 aromatic carbocycles. The number of thioether (sulfide) groups is 1. The molecule has 1 aliphatic rings. The summed E-state index contributed by atoms with van der Waals surface area (Å²) in [6, 6.07) is 21.0. The standard InChI is InChI=1S/C24H17BrINO3S/c1-15-7-9-16(10-8-15)14-30-22-19(25)11-17(12-20(22)26)13-21-23(28)27(24(29)31-21)18-5-3-2-4-6-18/h2-13H,14H2,1H3/b21-13-. The van der Waals surface area contributed by atoms with Gasteiger partial charge in [-0.15, -0.1) is 0 Å². The van der Waals surface area contributed by atoms with Crippen LogP contribution in [0.15, 0.2) is 76.1 Å². The predicted octanol–water partition coefficient (Wildman–Crippen LogP) is 7.18. The number of hydrogen-bond donors (Lipinski definition) is 0. The number of hydrogen-bond acceptors (Lipinski definition) is 4. The lowest BCUT2D eigenvalue weighted by Gasteiger charge is -2.12. The van der Waals surface area contributed by atoms with Crippen molar-refractivity contribution in [3.05, 3.63) is 96.4 Å². The summed E-state index contributed by atoms with van der Waals surface area (Å²) in [6.45, 7) is 2.52. The lowest BCUT2D eigenvalue weighted by Crippen LogP contribution is -2.27. The van der Waals surface area contributed by atoms with Crippen LogP contribution in [-0.2, 0) is 11.4 Å². The summed E-state index contributed by atoms with van der Waals surface area (Å²) in [7, 11) is 0. The van der Waals surface area contributed by atoms with Gasteiger partial charge in [0.25, 0.3) is 11.1 Å². The highest BCUT2D eigenvalue weighted by Gasteiger charge is 2.36. The van der Waals surface area contributed by atoms with Crippen LogP contribution in [-0.4, -0.2) is 11.1 Å². The largest absolute Gasteiger partial charge is 0.487 e. The van der Waals surface area contributed by atoms with E-state index in [1.54, 1.807) is 30.3 Å². The molecule has 0 radical (unpaired) electrons. The highest BCUT2D eigenvalue weighted by atomic mass is 127. The van der Waals surface area contributed by atoms with Gasteiger partial charge in [-0.05, 0) is 98.7 Å². The normalized spacial score (nSPS) is 15.1. The van der Waals surface area contributed by atoms with Gasteiger partial charge in [0.1, 0.15) is 12.4 Å². The van der Waals surface area contributed by atoms with Crippen LogP contribution in [0.2, 0.25) is 0 Å². The summed E-state index contributed by atoms with van der Waals surface area (Å²) in [6.07, 6.45) is 1.74. The molecule has 1 saturated heterocycles. The number of halogens is 2. The van der Waals surface area contributed by atoms with Gasteiger partial charge in [-0.25, -0.2) is 4.90 Å². The quantitative estimate of drug-likeness (QED) is 0.228. The molecule has 1 fully saturated rings. The highest BCUT2D eigenvalue weighted by Crippen LogP contribution is 2.38. The maximum Gasteiger partial charge on any atom is 0.298 e. The molecule has 0 N–H and O–H groups in total. The number of imide groups is 1. The first-order valence-corrected chi connectivity index (χ1v) is 12.1. The van der Waals surface area contributed by atoms with Crippen LogP contribution in [0.1, 0.15) is 16.7 Å². The second kappa shape index (κ2) is 9.58. The Bertz CT molecular complexity index is 1160. The number of rotatable bonds is 5. The zero-order chi connectivity index (χ0) is 22.0. The molecule has 1 aliphatic heterocycles. The van der Waals surface area contributed by atoms with Gasteiger partial charge in [0.15, 0.2) is 0 Å². The number of amides is 2. The minimum absolute atomic E-state index is 0.297. The van der Waals surface area contributed by atoms with E-state index in [0.717, 1.165) is 36.7 Å². The van der Waals surface area contributed by atoms with Crippen LogP contribution >= 0.6 is 50.3 Å². The third kappa shape index (κ3) is 5.05. The molecule has 3 aromatic rings. The Labute approximate surface area is 206 Å². The average molecular weight is 606 g/mol. The van der Waals surface area contributed by atoms with Crippen molar-refractivity contribution in [2.75, 3.05) is 4.90 Å². The summed E-state index contributed by atoms with van der Waals surface area (Å²) in [5.41, 5.74) is 3.69. The Morgan fingerprint density at radius 3 is 2.45 bits per heavy atom. The van der Waals surface area contributed by atoms with E-state index < -0.39 is 0 Å². The molecule has 4 rings (SSSR count). The van der Waals surface area contributed by atoms with Gasteiger partial charge in [0.2, 0.25) is 0 Å². The molecule has 0 aromatic heterocycles. The number of ether oxygens (including phenoxy) is 1. The lowest BCUT2D eigenvalue weighted by atomic mass is 10.1. The van der Waals surface area contributed by atoms with Crippen molar-refractivity contribution in [3.8, 4) is 5.75 Å². The minimum Gasteiger partial charge on any atom is -0.487 e. The van der Waals surface area contributed by atoms with Gasteiger partial charge < -0.3 is 4.74 Å². The van der Waals surface area contributed by atoms with E-state index in [9.17, 15) is 9.59 Å². The molecule has 0 atom stereocenters. The molecular weight excluding hydrogens is 589 g/mol.